The zero-order valence-electron chi connectivity index (χ0n) is 10.0. The van der Waals surface area contributed by atoms with E-state index in [-0.39, 0.29) is 11.6 Å². The van der Waals surface area contributed by atoms with E-state index >= 15 is 0 Å². The number of benzene rings is 1. The maximum Gasteiger partial charge on any atom is 0.0957 e. The summed E-state index contributed by atoms with van der Waals surface area (Å²) in [6, 6.07) is 5.28. The second kappa shape index (κ2) is 4.77. The molecule has 1 aromatic carbocycles. The number of rotatable bonds is 2. The molecule has 1 heterocycles. The minimum absolute atomic E-state index is 0.0590. The number of hydrogen-bond acceptors (Lipinski definition) is 2. The summed E-state index contributed by atoms with van der Waals surface area (Å²) in [6.07, 6.45) is 1.43. The third-order valence-electron chi connectivity index (χ3n) is 3.32. The topological polar surface area (TPSA) is 32.3 Å². The monoisotopic (exact) mass is 273 g/mol. The van der Waals surface area contributed by atoms with Gasteiger partial charge in [0.2, 0.25) is 0 Å². The first kappa shape index (κ1) is 13.2. The number of aliphatic hydroxyl groups excluding tert-OH is 1. The molecule has 2 nitrogen and oxygen atoms in total. The summed E-state index contributed by atoms with van der Waals surface area (Å²) in [5.41, 5.74) is 0.830. The van der Waals surface area contributed by atoms with Crippen LogP contribution in [0.4, 0.5) is 0 Å². The van der Waals surface area contributed by atoms with Gasteiger partial charge in [-0.05, 0) is 38.8 Å². The SMILES string of the molecule is CC1(C)CC[C@@H]([C@H](O)c2ccc(Cl)cc2Cl)N1. The van der Waals surface area contributed by atoms with Gasteiger partial charge in [-0.2, -0.15) is 0 Å². The van der Waals surface area contributed by atoms with E-state index < -0.39 is 6.10 Å². The van der Waals surface area contributed by atoms with Crippen molar-refractivity contribution in [3.05, 3.63) is 33.8 Å². The lowest BCUT2D eigenvalue weighted by atomic mass is 10.00. The quantitative estimate of drug-likeness (QED) is 0.864. The molecule has 4 heteroatoms. The Labute approximate surface area is 112 Å². The van der Waals surface area contributed by atoms with Crippen LogP contribution in [-0.2, 0) is 0 Å². The normalized spacial score (nSPS) is 24.9. The predicted octanol–water partition coefficient (Wildman–Crippen LogP) is 3.56. The van der Waals surface area contributed by atoms with Crippen molar-refractivity contribution >= 4 is 23.2 Å². The van der Waals surface area contributed by atoms with Gasteiger partial charge in [0.1, 0.15) is 0 Å². The molecule has 2 rings (SSSR count). The Morgan fingerprint density at radius 3 is 2.65 bits per heavy atom. The minimum Gasteiger partial charge on any atom is -0.387 e. The number of halogens is 2. The average molecular weight is 274 g/mol. The van der Waals surface area contributed by atoms with Crippen LogP contribution >= 0.6 is 23.2 Å². The van der Waals surface area contributed by atoms with E-state index in [1.165, 1.54) is 0 Å². The number of nitrogens with one attached hydrogen (secondary N) is 1. The molecule has 94 valence electrons. The maximum atomic E-state index is 10.3. The minimum atomic E-state index is -0.582. The van der Waals surface area contributed by atoms with Crippen LogP contribution in [0.15, 0.2) is 18.2 Å². The van der Waals surface area contributed by atoms with Crippen LogP contribution in [0.25, 0.3) is 0 Å². The van der Waals surface area contributed by atoms with Crippen molar-refractivity contribution in [3.8, 4) is 0 Å². The Hall–Kier alpha value is -0.280. The zero-order valence-corrected chi connectivity index (χ0v) is 11.5. The molecular formula is C13H17Cl2NO. The van der Waals surface area contributed by atoms with E-state index in [9.17, 15) is 5.11 Å². The molecule has 0 saturated carbocycles. The molecule has 0 aliphatic carbocycles. The highest BCUT2D eigenvalue weighted by Crippen LogP contribution is 2.34. The smallest absolute Gasteiger partial charge is 0.0957 e. The third-order valence-corrected chi connectivity index (χ3v) is 3.88. The summed E-state index contributed by atoms with van der Waals surface area (Å²) >= 11 is 11.9. The lowest BCUT2D eigenvalue weighted by molar-refractivity contribution is 0.132. The lowest BCUT2D eigenvalue weighted by Gasteiger charge is -2.24. The second-order valence-electron chi connectivity index (χ2n) is 5.28. The highest BCUT2D eigenvalue weighted by Gasteiger charge is 2.35. The van der Waals surface area contributed by atoms with Gasteiger partial charge in [0, 0.05) is 27.2 Å². The van der Waals surface area contributed by atoms with Crippen LogP contribution in [-0.4, -0.2) is 16.7 Å². The van der Waals surface area contributed by atoms with Gasteiger partial charge < -0.3 is 10.4 Å². The van der Waals surface area contributed by atoms with Gasteiger partial charge in [-0.15, -0.1) is 0 Å². The first-order chi connectivity index (χ1) is 7.89. The van der Waals surface area contributed by atoms with Gasteiger partial charge in [-0.1, -0.05) is 29.3 Å². The predicted molar refractivity (Wildman–Crippen MR) is 71.7 cm³/mol. The van der Waals surface area contributed by atoms with E-state index in [0.717, 1.165) is 18.4 Å². The third kappa shape index (κ3) is 2.94. The van der Waals surface area contributed by atoms with Gasteiger partial charge in [-0.3, -0.25) is 0 Å². The molecule has 1 fully saturated rings. The molecule has 1 aromatic rings. The first-order valence-electron chi connectivity index (χ1n) is 5.80. The fraction of sp³-hybridized carbons (Fsp3) is 0.538. The number of hydrogen-bond donors (Lipinski definition) is 2. The molecule has 0 radical (unpaired) electrons. The first-order valence-corrected chi connectivity index (χ1v) is 6.55. The van der Waals surface area contributed by atoms with Gasteiger partial charge in [0.15, 0.2) is 0 Å². The number of aliphatic hydroxyl groups is 1. The second-order valence-corrected chi connectivity index (χ2v) is 6.13. The van der Waals surface area contributed by atoms with Crippen LogP contribution in [0.3, 0.4) is 0 Å². The van der Waals surface area contributed by atoms with Crippen molar-refractivity contribution in [1.82, 2.24) is 5.32 Å². The van der Waals surface area contributed by atoms with Crippen LogP contribution in [0, 0.1) is 0 Å². The molecule has 1 aliphatic heterocycles. The van der Waals surface area contributed by atoms with Gasteiger partial charge in [0.25, 0.3) is 0 Å². The molecule has 0 spiro atoms. The summed E-state index contributed by atoms with van der Waals surface area (Å²) in [6.45, 7) is 4.28. The highest BCUT2D eigenvalue weighted by molar-refractivity contribution is 6.35. The molecule has 0 aromatic heterocycles. The molecule has 0 bridgehead atoms. The maximum absolute atomic E-state index is 10.3. The summed E-state index contributed by atoms with van der Waals surface area (Å²) in [7, 11) is 0. The molecule has 2 N–H and O–H groups in total. The summed E-state index contributed by atoms with van der Waals surface area (Å²) in [4.78, 5) is 0. The standard InChI is InChI=1S/C13H17Cl2NO/c1-13(2)6-5-11(16-13)12(17)9-4-3-8(14)7-10(9)15/h3-4,7,11-12,16-17H,5-6H2,1-2H3/t11-,12+/m0/s1. The van der Waals surface area contributed by atoms with Crippen molar-refractivity contribution in [3.63, 3.8) is 0 Å². The Morgan fingerprint density at radius 1 is 1.41 bits per heavy atom. The zero-order chi connectivity index (χ0) is 12.6. The lowest BCUT2D eigenvalue weighted by Crippen LogP contribution is -2.40. The average Bonchev–Trinajstić information content (AvgIpc) is 2.58. The molecule has 1 saturated heterocycles. The van der Waals surface area contributed by atoms with E-state index in [1.807, 2.05) is 0 Å². The van der Waals surface area contributed by atoms with E-state index in [1.54, 1.807) is 18.2 Å². The van der Waals surface area contributed by atoms with Crippen molar-refractivity contribution in [2.45, 2.75) is 44.4 Å². The van der Waals surface area contributed by atoms with Gasteiger partial charge in [0.05, 0.1) is 6.10 Å². The van der Waals surface area contributed by atoms with Crippen molar-refractivity contribution in [1.29, 1.82) is 0 Å². The van der Waals surface area contributed by atoms with Crippen LogP contribution < -0.4 is 5.32 Å². The van der Waals surface area contributed by atoms with Crippen molar-refractivity contribution < 1.29 is 5.11 Å². The van der Waals surface area contributed by atoms with Crippen molar-refractivity contribution in [2.75, 3.05) is 0 Å². The Morgan fingerprint density at radius 2 is 2.12 bits per heavy atom. The van der Waals surface area contributed by atoms with Crippen molar-refractivity contribution in [2.24, 2.45) is 0 Å². The van der Waals surface area contributed by atoms with Crippen LogP contribution in [0.2, 0.25) is 10.0 Å². The van der Waals surface area contributed by atoms with E-state index in [0.29, 0.717) is 10.0 Å². The summed E-state index contributed by atoms with van der Waals surface area (Å²) in [5, 5.41) is 14.9. The molecule has 17 heavy (non-hydrogen) atoms. The molecule has 0 unspecified atom stereocenters. The van der Waals surface area contributed by atoms with E-state index in [4.69, 9.17) is 23.2 Å². The van der Waals surface area contributed by atoms with Crippen LogP contribution in [0.1, 0.15) is 38.4 Å². The molecule has 0 amide bonds. The Bertz CT molecular complexity index is 420. The Balaban J connectivity index is 2.17. The largest absolute Gasteiger partial charge is 0.387 e. The summed E-state index contributed by atoms with van der Waals surface area (Å²) < 4.78 is 0. The van der Waals surface area contributed by atoms with Gasteiger partial charge in [-0.25, -0.2) is 0 Å². The van der Waals surface area contributed by atoms with E-state index in [2.05, 4.69) is 19.2 Å². The molecular weight excluding hydrogens is 257 g/mol. The fourth-order valence-corrected chi connectivity index (χ4v) is 2.88. The highest BCUT2D eigenvalue weighted by atomic mass is 35.5. The fourth-order valence-electron chi connectivity index (χ4n) is 2.36. The van der Waals surface area contributed by atoms with Gasteiger partial charge >= 0.3 is 0 Å². The molecule has 2 atom stereocenters. The molecule has 1 aliphatic rings. The Kier molecular flexibility index (Phi) is 3.69. The summed E-state index contributed by atoms with van der Waals surface area (Å²) in [5.74, 6) is 0. The van der Waals surface area contributed by atoms with Crippen LogP contribution in [0.5, 0.6) is 0 Å².